The van der Waals surface area contributed by atoms with Crippen LogP contribution >= 0.6 is 0 Å². The summed E-state index contributed by atoms with van der Waals surface area (Å²) in [5.74, 6) is 0.597. The van der Waals surface area contributed by atoms with E-state index in [1.807, 2.05) is 30.3 Å². The van der Waals surface area contributed by atoms with E-state index in [-0.39, 0.29) is 17.7 Å². The highest BCUT2D eigenvalue weighted by Crippen LogP contribution is 2.30. The number of benzene rings is 1. The smallest absolute Gasteiger partial charge is 0.151 e. The molecule has 1 saturated heterocycles. The Bertz CT molecular complexity index is 903. The molecule has 0 unspecified atom stereocenters. The molecule has 0 amide bonds. The number of rotatable bonds is 10. The Balaban J connectivity index is 1.16. The molecule has 2 aromatic rings. The zero-order valence-corrected chi connectivity index (χ0v) is 18.7. The summed E-state index contributed by atoms with van der Waals surface area (Å²) in [6, 6.07) is 14.1. The van der Waals surface area contributed by atoms with Crippen molar-refractivity contribution in [3.05, 3.63) is 65.0 Å². The van der Waals surface area contributed by atoms with Crippen LogP contribution in [0.3, 0.4) is 0 Å². The van der Waals surface area contributed by atoms with Crippen molar-refractivity contribution in [3.8, 4) is 0 Å². The molecule has 4 nitrogen and oxygen atoms in total. The lowest BCUT2D eigenvalue weighted by molar-refractivity contribution is -0.134. The maximum Gasteiger partial charge on any atom is 0.151 e. The molecule has 0 saturated carbocycles. The van der Waals surface area contributed by atoms with Crippen LogP contribution in [0.1, 0.15) is 74.0 Å². The van der Waals surface area contributed by atoms with E-state index >= 15 is 0 Å². The number of carbonyl (C=O) groups excluding carboxylic acids is 2. The monoisotopic (exact) mass is 418 g/mol. The molecule has 0 radical (unpaired) electrons. The van der Waals surface area contributed by atoms with Crippen LogP contribution in [0.2, 0.25) is 0 Å². The molecule has 1 aromatic carbocycles. The van der Waals surface area contributed by atoms with Crippen LogP contribution in [0.15, 0.2) is 42.5 Å². The average molecular weight is 419 g/mol. The number of carbonyl (C=O) groups is 2. The molecular weight excluding hydrogens is 384 g/mol. The molecule has 1 atom stereocenters. The Hall–Kier alpha value is -2.33. The Morgan fingerprint density at radius 3 is 2.55 bits per heavy atom. The van der Waals surface area contributed by atoms with Gasteiger partial charge in [0, 0.05) is 36.8 Å². The summed E-state index contributed by atoms with van der Waals surface area (Å²) in [5, 5.41) is 0. The SMILES string of the molecule is CC(=O)[C@@H](c1ccccc1)N1CC(C(=O)CCCCCc2ccc3c(n2)CCCC3)C1. The predicted molar refractivity (Wildman–Crippen MR) is 123 cm³/mol. The first kappa shape index (κ1) is 21.9. The molecule has 1 fully saturated rings. The number of hydrogen-bond donors (Lipinski definition) is 0. The summed E-state index contributed by atoms with van der Waals surface area (Å²) in [5.41, 5.74) is 4.98. The fourth-order valence-corrected chi connectivity index (χ4v) is 5.02. The zero-order chi connectivity index (χ0) is 21.6. The molecule has 4 rings (SSSR count). The number of unbranched alkanes of at least 4 members (excludes halogenated alkanes) is 2. The molecule has 0 spiro atoms. The van der Waals surface area contributed by atoms with Gasteiger partial charge in [0.1, 0.15) is 5.78 Å². The summed E-state index contributed by atoms with van der Waals surface area (Å²) < 4.78 is 0. The average Bonchev–Trinajstić information content (AvgIpc) is 2.75. The van der Waals surface area contributed by atoms with Crippen LogP contribution in [-0.2, 0) is 28.9 Å². The van der Waals surface area contributed by atoms with Gasteiger partial charge in [-0.2, -0.15) is 0 Å². The Kier molecular flexibility index (Phi) is 7.29. The van der Waals surface area contributed by atoms with Gasteiger partial charge in [-0.15, -0.1) is 0 Å². The minimum Gasteiger partial charge on any atom is -0.299 e. The quantitative estimate of drug-likeness (QED) is 0.515. The minimum absolute atomic E-state index is 0.0906. The number of Topliss-reactive ketones (excluding diaryl/α,β-unsaturated/α-hetero) is 2. The van der Waals surface area contributed by atoms with Crippen LogP contribution in [0.5, 0.6) is 0 Å². The molecule has 2 aliphatic rings. The molecule has 164 valence electrons. The highest BCUT2D eigenvalue weighted by molar-refractivity contribution is 5.85. The number of hydrogen-bond acceptors (Lipinski definition) is 4. The van der Waals surface area contributed by atoms with Gasteiger partial charge in [0.05, 0.1) is 6.04 Å². The Labute approximate surface area is 186 Å². The normalized spacial score (nSPS) is 17.6. The first-order valence-corrected chi connectivity index (χ1v) is 11.9. The van der Waals surface area contributed by atoms with Crippen molar-refractivity contribution in [2.24, 2.45) is 5.92 Å². The third kappa shape index (κ3) is 5.48. The van der Waals surface area contributed by atoms with Crippen LogP contribution in [0.4, 0.5) is 0 Å². The van der Waals surface area contributed by atoms with Crippen LogP contribution in [0, 0.1) is 5.92 Å². The summed E-state index contributed by atoms with van der Waals surface area (Å²) >= 11 is 0. The van der Waals surface area contributed by atoms with Crippen molar-refractivity contribution in [2.45, 2.75) is 70.8 Å². The largest absolute Gasteiger partial charge is 0.299 e. The number of aromatic nitrogens is 1. The van der Waals surface area contributed by atoms with Gasteiger partial charge in [0.15, 0.2) is 5.78 Å². The topological polar surface area (TPSA) is 50.3 Å². The minimum atomic E-state index is -0.214. The molecule has 31 heavy (non-hydrogen) atoms. The lowest BCUT2D eigenvalue weighted by atomic mass is 9.88. The molecule has 0 N–H and O–H groups in total. The van der Waals surface area contributed by atoms with Gasteiger partial charge < -0.3 is 0 Å². The van der Waals surface area contributed by atoms with Gasteiger partial charge in [-0.1, -0.05) is 42.8 Å². The molecule has 4 heteroatoms. The number of fused-ring (bicyclic) bond motifs is 1. The molecule has 0 bridgehead atoms. The van der Waals surface area contributed by atoms with Gasteiger partial charge in [0.2, 0.25) is 0 Å². The lowest BCUT2D eigenvalue weighted by Crippen LogP contribution is -2.53. The number of pyridine rings is 1. The summed E-state index contributed by atoms with van der Waals surface area (Å²) in [4.78, 5) is 31.7. The van der Waals surface area contributed by atoms with Gasteiger partial charge in [-0.25, -0.2) is 0 Å². The van der Waals surface area contributed by atoms with Gasteiger partial charge in [-0.05, 0) is 69.1 Å². The summed E-state index contributed by atoms with van der Waals surface area (Å²) in [6.07, 6.45) is 9.66. The standard InChI is InChI=1S/C27H34N2O2/c1-20(30)27(22-11-4-2-5-12-22)29-18-23(19-29)26(31)15-7-3-6-13-24-17-16-21-10-8-9-14-25(21)28-24/h2,4-5,11-12,16-17,23,27H,3,6-10,13-15,18-19H2,1H3/t27-/m0/s1. The van der Waals surface area contributed by atoms with Crippen molar-refractivity contribution >= 4 is 11.6 Å². The number of likely N-dealkylation sites (tertiary alicyclic amines) is 1. The zero-order valence-electron chi connectivity index (χ0n) is 18.7. The summed E-state index contributed by atoms with van der Waals surface area (Å²) in [6.45, 7) is 3.05. The Morgan fingerprint density at radius 1 is 1.00 bits per heavy atom. The van der Waals surface area contributed by atoms with E-state index in [4.69, 9.17) is 4.98 Å². The lowest BCUT2D eigenvalue weighted by Gasteiger charge is -2.43. The number of ketones is 2. The first-order valence-electron chi connectivity index (χ1n) is 11.9. The second-order valence-electron chi connectivity index (χ2n) is 9.22. The first-order chi connectivity index (χ1) is 15.1. The number of aryl methyl sites for hydroxylation is 3. The van der Waals surface area contributed by atoms with E-state index in [1.165, 1.54) is 36.2 Å². The van der Waals surface area contributed by atoms with Crippen LogP contribution < -0.4 is 0 Å². The van der Waals surface area contributed by atoms with E-state index < -0.39 is 0 Å². The molecular formula is C27H34N2O2. The van der Waals surface area contributed by atoms with Crippen molar-refractivity contribution in [1.29, 1.82) is 0 Å². The fraction of sp³-hybridized carbons (Fsp3) is 0.519. The van der Waals surface area contributed by atoms with E-state index in [9.17, 15) is 9.59 Å². The molecule has 1 aromatic heterocycles. The Morgan fingerprint density at radius 2 is 1.77 bits per heavy atom. The highest BCUT2D eigenvalue weighted by atomic mass is 16.1. The second-order valence-corrected chi connectivity index (χ2v) is 9.22. The van der Waals surface area contributed by atoms with E-state index in [0.717, 1.165) is 37.7 Å². The maximum absolute atomic E-state index is 12.6. The number of nitrogens with zero attached hydrogens (tertiary/aromatic N) is 2. The van der Waals surface area contributed by atoms with Crippen molar-refractivity contribution in [3.63, 3.8) is 0 Å². The van der Waals surface area contributed by atoms with Crippen molar-refractivity contribution in [2.75, 3.05) is 13.1 Å². The third-order valence-electron chi connectivity index (χ3n) is 6.82. The van der Waals surface area contributed by atoms with Crippen molar-refractivity contribution < 1.29 is 9.59 Å². The van der Waals surface area contributed by atoms with Gasteiger partial charge in [0.25, 0.3) is 0 Å². The van der Waals surface area contributed by atoms with Crippen LogP contribution in [0.25, 0.3) is 0 Å². The second kappa shape index (κ2) is 10.3. The van der Waals surface area contributed by atoms with Crippen LogP contribution in [-0.4, -0.2) is 34.5 Å². The van der Waals surface area contributed by atoms with Crippen molar-refractivity contribution in [1.82, 2.24) is 9.88 Å². The maximum atomic E-state index is 12.6. The third-order valence-corrected chi connectivity index (χ3v) is 6.82. The predicted octanol–water partition coefficient (Wildman–Crippen LogP) is 4.89. The molecule has 1 aliphatic heterocycles. The van der Waals surface area contributed by atoms with E-state index in [1.54, 1.807) is 6.92 Å². The molecule has 2 heterocycles. The van der Waals surface area contributed by atoms with Gasteiger partial charge in [-0.3, -0.25) is 19.5 Å². The van der Waals surface area contributed by atoms with E-state index in [0.29, 0.717) is 25.3 Å². The molecule has 1 aliphatic carbocycles. The highest BCUT2D eigenvalue weighted by Gasteiger charge is 2.38. The summed E-state index contributed by atoms with van der Waals surface area (Å²) in [7, 11) is 0. The van der Waals surface area contributed by atoms with Gasteiger partial charge >= 0.3 is 0 Å². The van der Waals surface area contributed by atoms with E-state index in [2.05, 4.69) is 17.0 Å². The fourth-order valence-electron chi connectivity index (χ4n) is 5.02.